The largest absolute Gasteiger partial charge is 0.469 e. The number of alkyl halides is 3. The fraction of sp³-hybridized carbons (Fsp3) is 0.750. The van der Waals surface area contributed by atoms with E-state index in [4.69, 9.17) is 0 Å². The third-order valence-electron chi connectivity index (χ3n) is 3.24. The number of methoxy groups -OCH3 is 1. The van der Waals surface area contributed by atoms with Crippen LogP contribution in [-0.2, 0) is 28.6 Å². The summed E-state index contributed by atoms with van der Waals surface area (Å²) >= 11 is 0. The summed E-state index contributed by atoms with van der Waals surface area (Å²) in [5.74, 6) is -8.66. The first-order chi connectivity index (χ1) is 9.69. The van der Waals surface area contributed by atoms with Crippen molar-refractivity contribution in [3.05, 3.63) is 0 Å². The van der Waals surface area contributed by atoms with Crippen molar-refractivity contribution in [3.63, 3.8) is 0 Å². The summed E-state index contributed by atoms with van der Waals surface area (Å²) in [4.78, 5) is 35.3. The van der Waals surface area contributed by atoms with Gasteiger partial charge in [-0.1, -0.05) is 0 Å². The number of hydrogen-bond donors (Lipinski definition) is 0. The molecule has 9 heteroatoms. The second-order valence-electron chi connectivity index (χ2n) is 4.33. The topological polar surface area (TPSA) is 78.9 Å². The van der Waals surface area contributed by atoms with Crippen LogP contribution in [0.15, 0.2) is 0 Å². The van der Waals surface area contributed by atoms with Gasteiger partial charge in [-0.15, -0.1) is 0 Å². The Kier molecular flexibility index (Phi) is 4.85. The van der Waals surface area contributed by atoms with E-state index in [1.54, 1.807) is 0 Å². The van der Waals surface area contributed by atoms with E-state index in [0.717, 1.165) is 7.11 Å². The molecule has 0 spiro atoms. The second kappa shape index (κ2) is 5.90. The zero-order valence-corrected chi connectivity index (χ0v) is 11.7. The molecule has 0 radical (unpaired) electrons. The summed E-state index contributed by atoms with van der Waals surface area (Å²) in [5, 5.41) is 0. The highest BCUT2D eigenvalue weighted by molar-refractivity contribution is 6.10. The minimum Gasteiger partial charge on any atom is -0.469 e. The van der Waals surface area contributed by atoms with Crippen molar-refractivity contribution in [2.75, 3.05) is 20.3 Å². The summed E-state index contributed by atoms with van der Waals surface area (Å²) in [6, 6.07) is 0. The Morgan fingerprint density at radius 2 is 1.48 bits per heavy atom. The average Bonchev–Trinajstić information content (AvgIpc) is 3.10. The number of carbonyl (C=O) groups is 3. The highest BCUT2D eigenvalue weighted by Crippen LogP contribution is 2.67. The molecule has 0 aromatic rings. The van der Waals surface area contributed by atoms with Gasteiger partial charge in [0.05, 0.1) is 32.2 Å². The summed E-state index contributed by atoms with van der Waals surface area (Å²) in [5.41, 5.74) is -2.71. The lowest BCUT2D eigenvalue weighted by Gasteiger charge is -2.15. The smallest absolute Gasteiger partial charge is 0.394 e. The quantitative estimate of drug-likeness (QED) is 0.429. The van der Waals surface area contributed by atoms with Crippen LogP contribution in [0.5, 0.6) is 0 Å². The van der Waals surface area contributed by atoms with Gasteiger partial charge in [-0.2, -0.15) is 13.2 Å². The maximum Gasteiger partial charge on any atom is 0.394 e. The monoisotopic (exact) mass is 312 g/mol. The first-order valence-electron chi connectivity index (χ1n) is 6.18. The van der Waals surface area contributed by atoms with E-state index >= 15 is 0 Å². The van der Waals surface area contributed by atoms with Crippen molar-refractivity contribution in [1.82, 2.24) is 0 Å². The highest BCUT2D eigenvalue weighted by atomic mass is 19.4. The molecular formula is C12H15F3O6. The first-order valence-corrected chi connectivity index (χ1v) is 6.18. The molecule has 1 fully saturated rings. The van der Waals surface area contributed by atoms with Crippen LogP contribution in [0.4, 0.5) is 13.2 Å². The van der Waals surface area contributed by atoms with Gasteiger partial charge in [-0.3, -0.25) is 14.4 Å². The number of carbonyl (C=O) groups excluding carboxylic acids is 3. The number of ether oxygens (including phenoxy) is 3. The Morgan fingerprint density at radius 1 is 1.05 bits per heavy atom. The Bertz CT molecular complexity index is 427. The van der Waals surface area contributed by atoms with Crippen molar-refractivity contribution < 1.29 is 41.8 Å². The Hall–Kier alpha value is -1.80. The molecule has 1 aliphatic carbocycles. The summed E-state index contributed by atoms with van der Waals surface area (Å²) < 4.78 is 52.5. The number of halogens is 3. The van der Waals surface area contributed by atoms with E-state index in [9.17, 15) is 27.6 Å². The third-order valence-corrected chi connectivity index (χ3v) is 3.24. The van der Waals surface area contributed by atoms with Gasteiger partial charge in [-0.25, -0.2) is 0 Å². The van der Waals surface area contributed by atoms with Crippen LogP contribution in [0.3, 0.4) is 0 Å². The van der Waals surface area contributed by atoms with Crippen molar-refractivity contribution in [3.8, 4) is 0 Å². The SMILES string of the molecule is CCOC(=O)C1(C(=O)OCC)[C@@H](C(F)(F)F)[C@@H]1C(=O)OC. The molecule has 2 atom stereocenters. The van der Waals surface area contributed by atoms with Gasteiger partial charge in [0.25, 0.3) is 0 Å². The molecule has 1 aliphatic rings. The lowest BCUT2D eigenvalue weighted by molar-refractivity contribution is -0.182. The molecule has 120 valence electrons. The average molecular weight is 312 g/mol. The zero-order chi connectivity index (χ0) is 16.4. The molecule has 0 amide bonds. The van der Waals surface area contributed by atoms with Crippen LogP contribution >= 0.6 is 0 Å². The van der Waals surface area contributed by atoms with Gasteiger partial charge in [0.2, 0.25) is 0 Å². The van der Waals surface area contributed by atoms with Gasteiger partial charge >= 0.3 is 24.1 Å². The van der Waals surface area contributed by atoms with Crippen LogP contribution in [-0.4, -0.2) is 44.4 Å². The molecule has 21 heavy (non-hydrogen) atoms. The molecule has 0 heterocycles. The molecule has 0 aliphatic heterocycles. The molecule has 0 aromatic heterocycles. The number of esters is 3. The van der Waals surface area contributed by atoms with Gasteiger partial charge in [0.1, 0.15) is 0 Å². The van der Waals surface area contributed by atoms with Gasteiger partial charge in [0.15, 0.2) is 5.41 Å². The van der Waals surface area contributed by atoms with E-state index in [1.807, 2.05) is 0 Å². The summed E-state index contributed by atoms with van der Waals surface area (Å²) in [6.45, 7) is 2.26. The van der Waals surface area contributed by atoms with Crippen molar-refractivity contribution in [1.29, 1.82) is 0 Å². The molecular weight excluding hydrogens is 297 g/mol. The first kappa shape index (κ1) is 17.3. The van der Waals surface area contributed by atoms with Crippen LogP contribution in [0.2, 0.25) is 0 Å². The van der Waals surface area contributed by atoms with Crippen LogP contribution in [0.1, 0.15) is 13.8 Å². The molecule has 1 rings (SSSR count). The minimum atomic E-state index is -4.95. The lowest BCUT2D eigenvalue weighted by atomic mass is 10.0. The van der Waals surface area contributed by atoms with Crippen molar-refractivity contribution in [2.24, 2.45) is 17.3 Å². The van der Waals surface area contributed by atoms with Gasteiger partial charge in [0, 0.05) is 0 Å². The maximum atomic E-state index is 13.1. The predicted molar refractivity (Wildman–Crippen MR) is 60.8 cm³/mol. The number of rotatable bonds is 5. The van der Waals surface area contributed by atoms with Gasteiger partial charge < -0.3 is 14.2 Å². The predicted octanol–water partition coefficient (Wildman–Crippen LogP) is 1.08. The van der Waals surface area contributed by atoms with E-state index in [-0.39, 0.29) is 13.2 Å². The van der Waals surface area contributed by atoms with E-state index < -0.39 is 41.3 Å². The fourth-order valence-corrected chi connectivity index (χ4v) is 2.38. The normalized spacial score (nSPS) is 23.1. The molecule has 0 saturated heterocycles. The highest BCUT2D eigenvalue weighted by Gasteiger charge is 2.87. The molecule has 0 bridgehead atoms. The van der Waals surface area contributed by atoms with Crippen molar-refractivity contribution in [2.45, 2.75) is 20.0 Å². The molecule has 1 saturated carbocycles. The van der Waals surface area contributed by atoms with E-state index in [0.29, 0.717) is 0 Å². The lowest BCUT2D eigenvalue weighted by Crippen LogP contribution is -2.36. The second-order valence-corrected chi connectivity index (χ2v) is 4.33. The van der Waals surface area contributed by atoms with E-state index in [1.165, 1.54) is 13.8 Å². The standard InChI is InChI=1S/C12H15F3O6/c1-4-20-9(17)11(10(18)21-5-2)6(8(16)19-3)7(11)12(13,14)15/h6-7H,4-5H2,1-3H3/t6-,7+/m1/s1. The summed E-state index contributed by atoms with van der Waals surface area (Å²) in [6.07, 6.45) is -4.95. The van der Waals surface area contributed by atoms with Crippen molar-refractivity contribution >= 4 is 17.9 Å². The number of hydrogen-bond acceptors (Lipinski definition) is 6. The van der Waals surface area contributed by atoms with E-state index in [2.05, 4.69) is 14.2 Å². The molecule has 0 N–H and O–H groups in total. The van der Waals surface area contributed by atoms with Crippen LogP contribution in [0, 0.1) is 17.3 Å². The Labute approximate surface area is 118 Å². The van der Waals surface area contributed by atoms with Gasteiger partial charge in [-0.05, 0) is 13.8 Å². The van der Waals surface area contributed by atoms with Crippen LogP contribution < -0.4 is 0 Å². The minimum absolute atomic E-state index is 0.238. The molecule has 6 nitrogen and oxygen atoms in total. The Balaban J connectivity index is 3.30. The fourth-order valence-electron chi connectivity index (χ4n) is 2.38. The van der Waals surface area contributed by atoms with Crippen LogP contribution in [0.25, 0.3) is 0 Å². The third kappa shape index (κ3) is 2.68. The summed E-state index contributed by atoms with van der Waals surface area (Å²) in [7, 11) is 0.870. The zero-order valence-electron chi connectivity index (χ0n) is 11.7. The molecule has 0 aromatic carbocycles. The maximum absolute atomic E-state index is 13.1. The Morgan fingerprint density at radius 3 is 1.76 bits per heavy atom. The molecule has 0 unspecified atom stereocenters.